The lowest BCUT2D eigenvalue weighted by Crippen LogP contribution is -2.59. The van der Waals surface area contributed by atoms with Crippen molar-refractivity contribution in [2.75, 3.05) is 0 Å². The Balaban J connectivity index is 1.85. The number of nitrogens with one attached hydrogen (secondary N) is 2. The molecule has 8 nitrogen and oxygen atoms in total. The molecule has 168 valence electrons. The van der Waals surface area contributed by atoms with Crippen LogP contribution in [0.3, 0.4) is 0 Å². The second-order valence-corrected chi connectivity index (χ2v) is 10.5. The molecule has 0 radical (unpaired) electrons. The number of carboxylic acid groups (broad SMARTS) is 1. The van der Waals surface area contributed by atoms with Gasteiger partial charge in [-0.15, -0.1) is 11.8 Å². The summed E-state index contributed by atoms with van der Waals surface area (Å²) in [5, 5.41) is 14.1. The highest BCUT2D eigenvalue weighted by molar-refractivity contribution is 8.01. The molecule has 0 bridgehead atoms. The van der Waals surface area contributed by atoms with Crippen LogP contribution in [0.5, 0.6) is 0 Å². The van der Waals surface area contributed by atoms with Crippen LogP contribution in [-0.4, -0.2) is 56.6 Å². The van der Waals surface area contributed by atoms with Crippen molar-refractivity contribution >= 4 is 35.5 Å². The van der Waals surface area contributed by atoms with Crippen molar-refractivity contribution < 1.29 is 24.3 Å². The van der Waals surface area contributed by atoms with E-state index in [1.807, 2.05) is 39.8 Å². The molecule has 3 N–H and O–H groups in total. The molecule has 5 atom stereocenters. The summed E-state index contributed by atoms with van der Waals surface area (Å²) in [4.78, 5) is 52.0. The quantitative estimate of drug-likeness (QED) is 0.590. The molecular formula is C22H29N3O5S. The maximum Gasteiger partial charge on any atom is 0.325 e. The molecule has 2 aliphatic rings. The number of aliphatic carboxylic acids is 1. The molecule has 3 rings (SSSR count). The van der Waals surface area contributed by atoms with Gasteiger partial charge in [0.1, 0.15) is 23.5 Å². The monoisotopic (exact) mass is 447 g/mol. The van der Waals surface area contributed by atoms with Crippen molar-refractivity contribution in [1.82, 2.24) is 15.5 Å². The number of rotatable bonds is 7. The number of nitrogens with zero attached hydrogens (tertiary/aromatic N) is 1. The average Bonchev–Trinajstić information content (AvgIpc) is 3.14. The summed E-state index contributed by atoms with van der Waals surface area (Å²) in [5.41, 5.74) is 1.49. The van der Waals surface area contributed by atoms with Crippen molar-refractivity contribution in [3.8, 4) is 0 Å². The number of fused-ring (bicyclic) bond motifs is 3. The van der Waals surface area contributed by atoms with E-state index in [1.165, 1.54) is 6.92 Å². The third-order valence-electron chi connectivity index (χ3n) is 6.07. The molecule has 1 aromatic carbocycles. The lowest BCUT2D eigenvalue weighted by molar-refractivity contribution is -0.142. The minimum absolute atomic E-state index is 0.192. The van der Waals surface area contributed by atoms with Gasteiger partial charge in [-0.3, -0.25) is 19.2 Å². The zero-order valence-electron chi connectivity index (χ0n) is 18.3. The third kappa shape index (κ3) is 4.15. The van der Waals surface area contributed by atoms with Crippen LogP contribution in [0.4, 0.5) is 0 Å². The Kier molecular flexibility index (Phi) is 6.36. The summed E-state index contributed by atoms with van der Waals surface area (Å²) in [6.07, 6.45) is 0.610. The maximum atomic E-state index is 13.4. The number of hydrogen-bond donors (Lipinski definition) is 3. The highest BCUT2D eigenvalue weighted by atomic mass is 32.2. The predicted octanol–water partition coefficient (Wildman–Crippen LogP) is 2.16. The molecular weight excluding hydrogens is 418 g/mol. The van der Waals surface area contributed by atoms with Crippen LogP contribution in [0.1, 0.15) is 62.3 Å². The van der Waals surface area contributed by atoms with E-state index >= 15 is 0 Å². The fraction of sp³-hybridized carbons (Fsp3) is 0.545. The van der Waals surface area contributed by atoms with Gasteiger partial charge in [0, 0.05) is 10.3 Å². The first kappa shape index (κ1) is 23.1. The van der Waals surface area contributed by atoms with Crippen molar-refractivity contribution in [3.63, 3.8) is 0 Å². The van der Waals surface area contributed by atoms with E-state index in [9.17, 15) is 19.2 Å². The standard InChI is InChI=1S/C22H29N3O5S/c1-6-11(2)15(17(26)23-12(3)21(29)30)24-18(27)16-22(4,5)31-20-14-10-8-7-9-13(14)19(28)25(16)20/h7-12,15-16,20H,6H2,1-5H3,(H,23,26)(H,24,27)(H,29,30)/t11-,12+,15+,16+,20+/m1/s1. The highest BCUT2D eigenvalue weighted by Gasteiger charge is 2.57. The third-order valence-corrected chi connectivity index (χ3v) is 7.60. The van der Waals surface area contributed by atoms with Gasteiger partial charge < -0.3 is 20.6 Å². The van der Waals surface area contributed by atoms with E-state index in [2.05, 4.69) is 10.6 Å². The molecule has 1 aromatic rings. The number of hydrogen-bond acceptors (Lipinski definition) is 5. The fourth-order valence-electron chi connectivity index (χ4n) is 4.10. The van der Waals surface area contributed by atoms with Crippen LogP contribution in [0.2, 0.25) is 0 Å². The van der Waals surface area contributed by atoms with Gasteiger partial charge in [-0.1, -0.05) is 38.5 Å². The zero-order chi connectivity index (χ0) is 23.1. The normalized spacial score (nSPS) is 24.0. The van der Waals surface area contributed by atoms with Gasteiger partial charge in [0.25, 0.3) is 5.91 Å². The van der Waals surface area contributed by atoms with Crippen LogP contribution in [-0.2, 0) is 14.4 Å². The van der Waals surface area contributed by atoms with Gasteiger partial charge >= 0.3 is 5.97 Å². The molecule has 9 heteroatoms. The Morgan fingerprint density at radius 2 is 1.84 bits per heavy atom. The molecule has 1 fully saturated rings. The topological polar surface area (TPSA) is 116 Å². The second-order valence-electron chi connectivity index (χ2n) is 8.72. The van der Waals surface area contributed by atoms with Gasteiger partial charge in [-0.2, -0.15) is 0 Å². The van der Waals surface area contributed by atoms with E-state index in [1.54, 1.807) is 28.8 Å². The van der Waals surface area contributed by atoms with Crippen molar-refractivity contribution in [2.45, 2.75) is 69.3 Å². The molecule has 0 aromatic heterocycles. The summed E-state index contributed by atoms with van der Waals surface area (Å²) in [6, 6.07) is 4.61. The molecule has 0 spiro atoms. The number of carbonyl (C=O) groups excluding carboxylic acids is 3. The maximum absolute atomic E-state index is 13.4. The summed E-state index contributed by atoms with van der Waals surface area (Å²) in [7, 11) is 0. The minimum Gasteiger partial charge on any atom is -0.480 e. The summed E-state index contributed by atoms with van der Waals surface area (Å²) < 4.78 is -0.567. The highest BCUT2D eigenvalue weighted by Crippen LogP contribution is 2.56. The van der Waals surface area contributed by atoms with Crippen molar-refractivity contribution in [1.29, 1.82) is 0 Å². The van der Waals surface area contributed by atoms with Crippen molar-refractivity contribution in [3.05, 3.63) is 35.4 Å². The smallest absolute Gasteiger partial charge is 0.325 e. The zero-order valence-corrected chi connectivity index (χ0v) is 19.2. The summed E-state index contributed by atoms with van der Waals surface area (Å²) in [6.45, 7) is 8.92. The largest absolute Gasteiger partial charge is 0.480 e. The number of carbonyl (C=O) groups is 4. The van der Waals surface area contributed by atoms with Crippen LogP contribution in [0.25, 0.3) is 0 Å². The lowest BCUT2D eigenvalue weighted by atomic mass is 9.95. The Morgan fingerprint density at radius 3 is 2.45 bits per heavy atom. The minimum atomic E-state index is -1.15. The molecule has 31 heavy (non-hydrogen) atoms. The van der Waals surface area contributed by atoms with Crippen LogP contribution in [0, 0.1) is 5.92 Å². The van der Waals surface area contributed by atoms with Crippen LogP contribution < -0.4 is 10.6 Å². The van der Waals surface area contributed by atoms with Gasteiger partial charge in [0.05, 0.1) is 0 Å². The Bertz CT molecular complexity index is 918. The first-order valence-electron chi connectivity index (χ1n) is 10.4. The van der Waals surface area contributed by atoms with Crippen molar-refractivity contribution in [2.24, 2.45) is 5.92 Å². The van der Waals surface area contributed by atoms with Gasteiger partial charge in [-0.25, -0.2) is 0 Å². The van der Waals surface area contributed by atoms with E-state index in [0.29, 0.717) is 12.0 Å². The van der Waals surface area contributed by atoms with E-state index in [0.717, 1.165) is 5.56 Å². The number of carboxylic acids is 1. The van der Waals surface area contributed by atoms with Crippen LogP contribution in [0.15, 0.2) is 24.3 Å². The fourth-order valence-corrected chi connectivity index (χ4v) is 5.69. The molecule has 2 aliphatic heterocycles. The molecule has 0 saturated carbocycles. The summed E-state index contributed by atoms with van der Waals surface area (Å²) in [5.74, 6) is -2.52. The second kappa shape index (κ2) is 8.53. The molecule has 2 heterocycles. The van der Waals surface area contributed by atoms with E-state index < -0.39 is 40.7 Å². The Hall–Kier alpha value is -2.55. The first-order valence-corrected chi connectivity index (χ1v) is 11.3. The molecule has 3 amide bonds. The van der Waals surface area contributed by atoms with E-state index in [-0.39, 0.29) is 17.2 Å². The van der Waals surface area contributed by atoms with Gasteiger partial charge in [0.15, 0.2) is 0 Å². The van der Waals surface area contributed by atoms with Gasteiger partial charge in [0.2, 0.25) is 11.8 Å². The number of benzene rings is 1. The molecule has 1 saturated heterocycles. The molecule has 0 aliphatic carbocycles. The molecule has 0 unspecified atom stereocenters. The van der Waals surface area contributed by atoms with E-state index in [4.69, 9.17) is 5.11 Å². The average molecular weight is 448 g/mol. The summed E-state index contributed by atoms with van der Waals surface area (Å²) >= 11 is 1.55. The number of amides is 3. The SMILES string of the molecule is CC[C@@H](C)[C@H](NC(=O)[C@@H]1N2C(=O)c3ccccc3[C@@H]2SC1(C)C)C(=O)N[C@@H](C)C(=O)O. The Labute approximate surface area is 186 Å². The number of thioether (sulfide) groups is 1. The lowest BCUT2D eigenvalue weighted by Gasteiger charge is -2.32. The predicted molar refractivity (Wildman–Crippen MR) is 117 cm³/mol. The first-order chi connectivity index (χ1) is 14.5. The van der Waals surface area contributed by atoms with Crippen LogP contribution >= 0.6 is 11.8 Å². The van der Waals surface area contributed by atoms with Gasteiger partial charge in [-0.05, 0) is 38.3 Å². The Morgan fingerprint density at radius 1 is 1.19 bits per heavy atom.